The minimum Gasteiger partial charge on any atom is -0.481 e. The number of hydrogen-bond acceptors (Lipinski definition) is 4. The Morgan fingerprint density at radius 1 is 0.889 bits per heavy atom. The van der Waals surface area contributed by atoms with Gasteiger partial charge in [-0.1, -0.05) is 73.5 Å². The molecule has 2 aromatic carbocycles. The molecule has 27 heavy (non-hydrogen) atoms. The number of hydrogen-bond donors (Lipinski definition) is 2. The van der Waals surface area contributed by atoms with Crippen molar-refractivity contribution in [3.8, 4) is 22.6 Å². The maximum atomic E-state index is 10.0. The molecule has 0 unspecified atom stereocenters. The highest BCUT2D eigenvalue weighted by Gasteiger charge is 2.11. The average molecular weight is 384 g/mol. The Morgan fingerprint density at radius 3 is 2.07 bits per heavy atom. The summed E-state index contributed by atoms with van der Waals surface area (Å²) in [6, 6.07) is 20.1. The van der Waals surface area contributed by atoms with Gasteiger partial charge in [-0.2, -0.15) is 12.6 Å². The topological polar surface area (TPSA) is 63.3 Å². The van der Waals surface area contributed by atoms with Crippen LogP contribution in [0.2, 0.25) is 0 Å². The molecule has 1 aromatic heterocycles. The first-order valence-electron chi connectivity index (χ1n) is 9.09. The highest BCUT2D eigenvalue weighted by Crippen LogP contribution is 2.30. The van der Waals surface area contributed by atoms with E-state index in [1.807, 2.05) is 60.7 Å². The number of aromatic nitrogens is 1. The molecule has 0 fully saturated rings. The predicted octanol–water partition coefficient (Wildman–Crippen LogP) is 5.96. The molecule has 0 amide bonds. The summed E-state index contributed by atoms with van der Waals surface area (Å²) in [7, 11) is 0. The van der Waals surface area contributed by atoms with Crippen molar-refractivity contribution >= 4 is 18.6 Å². The molecule has 0 atom stereocenters. The Kier molecular flexibility index (Phi) is 9.21. The van der Waals surface area contributed by atoms with Crippen molar-refractivity contribution in [2.24, 2.45) is 0 Å². The van der Waals surface area contributed by atoms with Crippen molar-refractivity contribution < 1.29 is 14.3 Å². The first-order valence-corrected chi connectivity index (χ1v) is 9.72. The van der Waals surface area contributed by atoms with Gasteiger partial charge in [0.25, 0.3) is 0 Å². The van der Waals surface area contributed by atoms with Crippen LogP contribution in [0.25, 0.3) is 22.6 Å². The van der Waals surface area contributed by atoms with Crippen molar-refractivity contribution in [2.45, 2.75) is 32.1 Å². The number of oxazole rings is 1. The summed E-state index contributed by atoms with van der Waals surface area (Å²) in [5.41, 5.74) is 3.00. The van der Waals surface area contributed by atoms with Gasteiger partial charge in [0.2, 0.25) is 0 Å². The fraction of sp³-hybridized carbons (Fsp3) is 0.273. The number of carbonyl (C=O) groups is 1. The summed E-state index contributed by atoms with van der Waals surface area (Å²) in [6.45, 7) is 0. The van der Waals surface area contributed by atoms with Crippen LogP contribution in [0.3, 0.4) is 0 Å². The van der Waals surface area contributed by atoms with Gasteiger partial charge in [0.05, 0.1) is 0 Å². The molecule has 142 valence electrons. The van der Waals surface area contributed by atoms with Crippen LogP contribution < -0.4 is 0 Å². The monoisotopic (exact) mass is 383 g/mol. The molecule has 1 N–H and O–H groups in total. The first kappa shape index (κ1) is 20.8. The Labute approximate surface area is 165 Å². The van der Waals surface area contributed by atoms with Crippen LogP contribution in [0.15, 0.2) is 71.5 Å². The molecule has 0 spiro atoms. The van der Waals surface area contributed by atoms with Crippen molar-refractivity contribution in [1.82, 2.24) is 4.98 Å². The lowest BCUT2D eigenvalue weighted by Gasteiger charge is -2.00. The molecule has 3 rings (SSSR count). The van der Waals surface area contributed by atoms with Crippen LogP contribution in [0.4, 0.5) is 0 Å². The normalized spacial score (nSPS) is 10.1. The van der Waals surface area contributed by atoms with E-state index in [2.05, 4.69) is 17.6 Å². The van der Waals surface area contributed by atoms with Crippen LogP contribution in [-0.4, -0.2) is 21.8 Å². The quantitative estimate of drug-likeness (QED) is 0.372. The van der Waals surface area contributed by atoms with E-state index in [4.69, 9.17) is 9.52 Å². The molecule has 0 aliphatic rings. The third kappa shape index (κ3) is 7.31. The van der Waals surface area contributed by atoms with Gasteiger partial charge in [-0.3, -0.25) is 4.79 Å². The summed E-state index contributed by atoms with van der Waals surface area (Å²) in [4.78, 5) is 14.3. The Morgan fingerprint density at radius 2 is 1.48 bits per heavy atom. The molecule has 1 heterocycles. The minimum absolute atomic E-state index is 0.312. The van der Waals surface area contributed by atoms with Crippen molar-refractivity contribution in [2.75, 3.05) is 5.75 Å². The van der Waals surface area contributed by atoms with Crippen LogP contribution in [-0.2, 0) is 4.79 Å². The zero-order valence-corrected chi connectivity index (χ0v) is 16.1. The molecular weight excluding hydrogens is 358 g/mol. The first-order chi connectivity index (χ1) is 13.2. The van der Waals surface area contributed by atoms with Gasteiger partial charge >= 0.3 is 5.97 Å². The van der Waals surface area contributed by atoms with Gasteiger partial charge in [0.15, 0.2) is 12.2 Å². The number of rotatable bonds is 8. The summed E-state index contributed by atoms with van der Waals surface area (Å²) >= 11 is 4.05. The standard InChI is InChI=1S/C15H11NO.C7H14O2S/c1-3-7-12(8-4-1)14-15(17-11-16-14)13-9-5-2-6-10-13;8-7(9)5-3-1-2-4-6-10/h1-11H;10H,1-6H2,(H,8,9). The molecule has 4 nitrogen and oxygen atoms in total. The van der Waals surface area contributed by atoms with E-state index >= 15 is 0 Å². The van der Waals surface area contributed by atoms with E-state index in [-0.39, 0.29) is 0 Å². The number of nitrogens with zero attached hydrogens (tertiary/aromatic N) is 1. The van der Waals surface area contributed by atoms with Gasteiger partial charge in [-0.25, -0.2) is 4.98 Å². The van der Waals surface area contributed by atoms with Crippen molar-refractivity contribution in [1.29, 1.82) is 0 Å². The zero-order valence-electron chi connectivity index (χ0n) is 15.3. The summed E-state index contributed by atoms with van der Waals surface area (Å²) in [5, 5.41) is 8.25. The lowest BCUT2D eigenvalue weighted by molar-refractivity contribution is -0.137. The highest BCUT2D eigenvalue weighted by atomic mass is 32.1. The molecule has 0 aliphatic carbocycles. The largest absolute Gasteiger partial charge is 0.481 e. The number of aliphatic carboxylic acids is 1. The fourth-order valence-electron chi connectivity index (χ4n) is 2.58. The summed E-state index contributed by atoms with van der Waals surface area (Å²) in [5.74, 6) is 1.04. The van der Waals surface area contributed by atoms with Crippen LogP contribution >= 0.6 is 12.6 Å². The van der Waals surface area contributed by atoms with E-state index in [0.717, 1.165) is 54.0 Å². The second-order valence-corrected chi connectivity index (χ2v) is 6.49. The lowest BCUT2D eigenvalue weighted by atomic mass is 10.1. The molecule has 0 aliphatic heterocycles. The number of thiol groups is 1. The van der Waals surface area contributed by atoms with Crippen LogP contribution in [0, 0.1) is 0 Å². The van der Waals surface area contributed by atoms with Crippen molar-refractivity contribution in [3.63, 3.8) is 0 Å². The molecule has 3 aromatic rings. The molecule has 5 heteroatoms. The summed E-state index contributed by atoms with van der Waals surface area (Å²) < 4.78 is 5.49. The second kappa shape index (κ2) is 12.0. The number of benzene rings is 2. The second-order valence-electron chi connectivity index (χ2n) is 6.04. The number of unbranched alkanes of at least 4 members (excludes halogenated alkanes) is 3. The van der Waals surface area contributed by atoms with E-state index in [9.17, 15) is 4.79 Å². The van der Waals surface area contributed by atoms with Gasteiger partial charge in [-0.05, 0) is 18.6 Å². The highest BCUT2D eigenvalue weighted by molar-refractivity contribution is 7.80. The SMILES string of the molecule is O=C(O)CCCCCCS.c1ccc(-c2ncoc2-c2ccccc2)cc1. The minimum atomic E-state index is -0.689. The van der Waals surface area contributed by atoms with E-state index in [1.165, 1.54) is 6.39 Å². The maximum absolute atomic E-state index is 10.0. The smallest absolute Gasteiger partial charge is 0.303 e. The Hall–Kier alpha value is -2.53. The van der Waals surface area contributed by atoms with Crippen LogP contribution in [0.5, 0.6) is 0 Å². The molecule has 0 saturated carbocycles. The fourth-order valence-corrected chi connectivity index (χ4v) is 2.81. The predicted molar refractivity (Wildman–Crippen MR) is 112 cm³/mol. The molecule has 0 radical (unpaired) electrons. The van der Waals surface area contributed by atoms with Gasteiger partial charge in [0.1, 0.15) is 5.69 Å². The molecular formula is C22H25NO3S. The third-order valence-corrected chi connectivity index (χ3v) is 4.27. The number of carboxylic acid groups (broad SMARTS) is 1. The average Bonchev–Trinajstić information content (AvgIpc) is 3.19. The van der Waals surface area contributed by atoms with E-state index < -0.39 is 5.97 Å². The Balaban J connectivity index is 0.000000227. The van der Waals surface area contributed by atoms with E-state index in [0.29, 0.717) is 6.42 Å². The van der Waals surface area contributed by atoms with Gasteiger partial charge < -0.3 is 9.52 Å². The van der Waals surface area contributed by atoms with Crippen molar-refractivity contribution in [3.05, 3.63) is 67.1 Å². The van der Waals surface area contributed by atoms with Gasteiger partial charge in [-0.15, -0.1) is 0 Å². The van der Waals surface area contributed by atoms with Gasteiger partial charge in [0, 0.05) is 17.5 Å². The molecule has 0 saturated heterocycles. The lowest BCUT2D eigenvalue weighted by Crippen LogP contribution is -1.93. The number of carboxylic acids is 1. The maximum Gasteiger partial charge on any atom is 0.303 e. The Bertz CT molecular complexity index is 734. The third-order valence-electron chi connectivity index (χ3n) is 3.95. The molecule has 0 bridgehead atoms. The zero-order chi connectivity index (χ0) is 19.3. The van der Waals surface area contributed by atoms with Crippen LogP contribution in [0.1, 0.15) is 32.1 Å². The van der Waals surface area contributed by atoms with E-state index in [1.54, 1.807) is 0 Å². The summed E-state index contributed by atoms with van der Waals surface area (Å²) in [6.07, 6.45) is 5.84.